The van der Waals surface area contributed by atoms with Crippen LogP contribution < -0.4 is 4.90 Å². The SMILES string of the molecule is CC1(Cc2cc(F)cc(F)c2)C(=O)N(c2ncccn2)c2ccc(-c3ccc(F)c(C(F)(F)F)c3)cc21. The Balaban J connectivity index is 1.68. The van der Waals surface area contributed by atoms with Crippen LogP contribution in [0.5, 0.6) is 0 Å². The van der Waals surface area contributed by atoms with Gasteiger partial charge in [0.15, 0.2) is 0 Å². The van der Waals surface area contributed by atoms with E-state index >= 15 is 0 Å². The number of anilines is 2. The second-order valence-electron chi connectivity index (χ2n) is 8.90. The fourth-order valence-corrected chi connectivity index (χ4v) is 4.64. The molecule has 0 radical (unpaired) electrons. The normalized spacial score (nSPS) is 17.3. The predicted octanol–water partition coefficient (Wildman–Crippen LogP) is 6.76. The summed E-state index contributed by atoms with van der Waals surface area (Å²) in [6.07, 6.45) is -2.13. The number of rotatable bonds is 4. The second kappa shape index (κ2) is 8.72. The molecule has 4 aromatic rings. The number of carbonyl (C=O) groups is 1. The molecule has 37 heavy (non-hydrogen) atoms. The van der Waals surface area contributed by atoms with Crippen molar-refractivity contribution in [3.05, 3.63) is 107 Å². The third-order valence-electron chi connectivity index (χ3n) is 6.34. The molecule has 0 saturated carbocycles. The summed E-state index contributed by atoms with van der Waals surface area (Å²) in [6.45, 7) is 1.58. The third kappa shape index (κ3) is 4.32. The zero-order valence-corrected chi connectivity index (χ0v) is 19.2. The Morgan fingerprint density at radius 2 is 1.49 bits per heavy atom. The van der Waals surface area contributed by atoms with E-state index < -0.39 is 40.5 Å². The van der Waals surface area contributed by atoms with Gasteiger partial charge in [-0.2, -0.15) is 13.2 Å². The van der Waals surface area contributed by atoms with Crippen LogP contribution in [0.1, 0.15) is 23.6 Å². The smallest absolute Gasteiger partial charge is 0.273 e. The third-order valence-corrected chi connectivity index (χ3v) is 6.34. The molecule has 0 bridgehead atoms. The van der Waals surface area contributed by atoms with E-state index in [2.05, 4.69) is 9.97 Å². The molecule has 1 aliphatic heterocycles. The number of halogens is 6. The number of hydrogen-bond acceptors (Lipinski definition) is 3. The molecule has 10 heteroatoms. The van der Waals surface area contributed by atoms with Crippen LogP contribution in [-0.4, -0.2) is 15.9 Å². The highest BCUT2D eigenvalue weighted by molar-refractivity contribution is 6.12. The van der Waals surface area contributed by atoms with Crippen LogP contribution in [0, 0.1) is 17.5 Å². The van der Waals surface area contributed by atoms with Crippen molar-refractivity contribution >= 4 is 17.5 Å². The first kappa shape index (κ1) is 24.5. The summed E-state index contributed by atoms with van der Waals surface area (Å²) in [7, 11) is 0. The first-order valence-corrected chi connectivity index (χ1v) is 11.1. The maximum absolute atomic E-state index is 13.9. The van der Waals surface area contributed by atoms with Crippen molar-refractivity contribution in [3.8, 4) is 11.1 Å². The molecule has 0 spiro atoms. The summed E-state index contributed by atoms with van der Waals surface area (Å²) in [5, 5.41) is 0. The molecule has 3 aromatic carbocycles. The van der Waals surface area contributed by atoms with Crippen LogP contribution >= 0.6 is 0 Å². The first-order valence-electron chi connectivity index (χ1n) is 11.1. The Bertz CT molecular complexity index is 1500. The summed E-state index contributed by atoms with van der Waals surface area (Å²) in [5.41, 5.74) is -1.44. The Labute approximate surface area is 207 Å². The zero-order valence-electron chi connectivity index (χ0n) is 19.2. The van der Waals surface area contributed by atoms with Crippen LogP contribution in [0.2, 0.25) is 0 Å². The van der Waals surface area contributed by atoms with Gasteiger partial charge < -0.3 is 0 Å². The summed E-state index contributed by atoms with van der Waals surface area (Å²) >= 11 is 0. The van der Waals surface area contributed by atoms with Gasteiger partial charge in [0.2, 0.25) is 11.9 Å². The standard InChI is InChI=1S/C27H17F6N3O/c1-26(14-15-9-18(28)13-19(29)10-15)21-12-17(16-3-5-22(30)20(11-16)27(31,32)33)4-6-23(21)36(24(26)37)25-34-7-2-8-35-25/h2-13H,14H2,1H3. The van der Waals surface area contributed by atoms with E-state index in [-0.39, 0.29) is 23.5 Å². The molecule has 1 aromatic heterocycles. The maximum Gasteiger partial charge on any atom is 0.419 e. The molecule has 0 aliphatic carbocycles. The minimum atomic E-state index is -4.90. The van der Waals surface area contributed by atoms with Gasteiger partial charge in [0, 0.05) is 18.5 Å². The van der Waals surface area contributed by atoms with E-state index in [9.17, 15) is 31.1 Å². The molecule has 5 rings (SSSR count). The fraction of sp³-hybridized carbons (Fsp3) is 0.148. The van der Waals surface area contributed by atoms with Gasteiger partial charge in [0.25, 0.3) is 0 Å². The van der Waals surface area contributed by atoms with E-state index in [4.69, 9.17) is 0 Å². The molecule has 1 amide bonds. The van der Waals surface area contributed by atoms with Crippen LogP contribution in [0.25, 0.3) is 11.1 Å². The van der Waals surface area contributed by atoms with Gasteiger partial charge in [0.05, 0.1) is 16.7 Å². The highest BCUT2D eigenvalue weighted by Crippen LogP contribution is 2.48. The molecule has 2 heterocycles. The Hall–Kier alpha value is -4.21. The average molecular weight is 513 g/mol. The molecule has 188 valence electrons. The topological polar surface area (TPSA) is 46.1 Å². The number of carbonyl (C=O) groups excluding carboxylic acids is 1. The summed E-state index contributed by atoms with van der Waals surface area (Å²) in [4.78, 5) is 23.4. The predicted molar refractivity (Wildman–Crippen MR) is 123 cm³/mol. The highest BCUT2D eigenvalue weighted by atomic mass is 19.4. The molecule has 4 nitrogen and oxygen atoms in total. The van der Waals surface area contributed by atoms with Gasteiger partial charge in [-0.05, 0) is 78.1 Å². The van der Waals surface area contributed by atoms with Crippen LogP contribution in [0.15, 0.2) is 73.1 Å². The van der Waals surface area contributed by atoms with Crippen LogP contribution in [0.4, 0.5) is 38.0 Å². The van der Waals surface area contributed by atoms with E-state index in [1.54, 1.807) is 13.0 Å². The molecule has 1 unspecified atom stereocenters. The number of fused-ring (bicyclic) bond motifs is 1. The number of amides is 1. The van der Waals surface area contributed by atoms with E-state index in [0.717, 1.165) is 18.2 Å². The quantitative estimate of drug-likeness (QED) is 0.284. The van der Waals surface area contributed by atoms with Crippen LogP contribution in [-0.2, 0) is 22.8 Å². The summed E-state index contributed by atoms with van der Waals surface area (Å²) in [6, 6.07) is 11.7. The molecular formula is C27H17F6N3O. The molecular weight excluding hydrogens is 496 g/mol. The average Bonchev–Trinajstić information content (AvgIpc) is 3.04. The lowest BCUT2D eigenvalue weighted by molar-refractivity contribution is -0.140. The molecule has 0 fully saturated rings. The Kier molecular flexibility index (Phi) is 5.77. The summed E-state index contributed by atoms with van der Waals surface area (Å²) < 4.78 is 81.7. The van der Waals surface area contributed by atoms with E-state index in [1.165, 1.54) is 41.6 Å². The van der Waals surface area contributed by atoms with Gasteiger partial charge in [-0.25, -0.2) is 28.0 Å². The van der Waals surface area contributed by atoms with Crippen molar-refractivity contribution in [2.24, 2.45) is 0 Å². The minimum absolute atomic E-state index is 0.0665. The molecule has 0 N–H and O–H groups in total. The molecule has 1 aliphatic rings. The van der Waals surface area contributed by atoms with Crippen molar-refractivity contribution in [1.29, 1.82) is 0 Å². The van der Waals surface area contributed by atoms with Gasteiger partial charge in [-0.1, -0.05) is 12.1 Å². The number of alkyl halides is 3. The number of hydrogen-bond donors (Lipinski definition) is 0. The first-order chi connectivity index (χ1) is 17.5. The van der Waals surface area contributed by atoms with Gasteiger partial charge in [-0.3, -0.25) is 4.79 Å². The van der Waals surface area contributed by atoms with Crippen molar-refractivity contribution in [1.82, 2.24) is 9.97 Å². The minimum Gasteiger partial charge on any atom is -0.273 e. The van der Waals surface area contributed by atoms with Gasteiger partial charge >= 0.3 is 6.18 Å². The van der Waals surface area contributed by atoms with Crippen molar-refractivity contribution in [3.63, 3.8) is 0 Å². The Morgan fingerprint density at radius 3 is 2.14 bits per heavy atom. The lowest BCUT2D eigenvalue weighted by atomic mass is 9.77. The summed E-state index contributed by atoms with van der Waals surface area (Å²) in [5.74, 6) is -3.44. The van der Waals surface area contributed by atoms with Crippen molar-refractivity contribution in [2.45, 2.75) is 24.9 Å². The van der Waals surface area contributed by atoms with Crippen LogP contribution in [0.3, 0.4) is 0 Å². The van der Waals surface area contributed by atoms with Crippen molar-refractivity contribution < 1.29 is 31.1 Å². The van der Waals surface area contributed by atoms with Gasteiger partial charge in [-0.15, -0.1) is 0 Å². The van der Waals surface area contributed by atoms with Crippen molar-refractivity contribution in [2.75, 3.05) is 4.90 Å². The zero-order chi connectivity index (χ0) is 26.5. The Morgan fingerprint density at radius 1 is 0.865 bits per heavy atom. The molecule has 1 atom stereocenters. The molecule has 0 saturated heterocycles. The fourth-order valence-electron chi connectivity index (χ4n) is 4.64. The largest absolute Gasteiger partial charge is 0.419 e. The highest BCUT2D eigenvalue weighted by Gasteiger charge is 2.49. The van der Waals surface area contributed by atoms with Gasteiger partial charge in [0.1, 0.15) is 17.5 Å². The van der Waals surface area contributed by atoms with E-state index in [1.807, 2.05) is 0 Å². The lowest BCUT2D eigenvalue weighted by Crippen LogP contribution is -2.38. The second-order valence-corrected chi connectivity index (χ2v) is 8.90. The number of aromatic nitrogens is 2. The number of nitrogens with zero attached hydrogens (tertiary/aromatic N) is 3. The maximum atomic E-state index is 13.9. The lowest BCUT2D eigenvalue weighted by Gasteiger charge is -2.24. The number of benzene rings is 3. The van der Waals surface area contributed by atoms with E-state index in [0.29, 0.717) is 28.9 Å². The monoisotopic (exact) mass is 513 g/mol.